The molecule has 0 radical (unpaired) electrons. The topological polar surface area (TPSA) is 58.7 Å². The minimum atomic E-state index is 0.103. The molecule has 2 atom stereocenters. The molecular weight excluding hydrogens is 340 g/mol. The predicted molar refractivity (Wildman–Crippen MR) is 86.0 cm³/mol. The van der Waals surface area contributed by atoms with E-state index in [-0.39, 0.29) is 24.8 Å². The van der Waals surface area contributed by atoms with Gasteiger partial charge in [0.05, 0.1) is 25.4 Å². The maximum absolute atomic E-state index is 8.81. The molecule has 2 unspecified atom stereocenters. The molecular formula is C14H23BrN2O2S. The summed E-state index contributed by atoms with van der Waals surface area (Å²) in [6, 6.07) is 2.56. The Morgan fingerprint density at radius 3 is 2.75 bits per heavy atom. The van der Waals surface area contributed by atoms with Gasteiger partial charge in [0.2, 0.25) is 0 Å². The van der Waals surface area contributed by atoms with Crippen LogP contribution < -0.4 is 5.73 Å². The normalized spacial score (nSPS) is 21.0. The Bertz CT molecular complexity index is 406. The van der Waals surface area contributed by atoms with Crippen LogP contribution in [0.5, 0.6) is 0 Å². The van der Waals surface area contributed by atoms with Crippen molar-refractivity contribution in [1.82, 2.24) is 4.90 Å². The highest BCUT2D eigenvalue weighted by atomic mass is 79.9. The SMILES string of the molecule is CC(N)C(c1cc(Br)cs1)N1CCC(OCCO)CC1. The second kappa shape index (κ2) is 7.87. The van der Waals surface area contributed by atoms with Gasteiger partial charge in [-0.2, -0.15) is 0 Å². The molecule has 0 spiro atoms. The Morgan fingerprint density at radius 2 is 2.25 bits per heavy atom. The summed E-state index contributed by atoms with van der Waals surface area (Å²) in [5.41, 5.74) is 6.21. The molecule has 6 heteroatoms. The van der Waals surface area contributed by atoms with E-state index < -0.39 is 0 Å². The molecule has 0 amide bonds. The number of rotatable bonds is 6. The lowest BCUT2D eigenvalue weighted by molar-refractivity contribution is -0.0169. The minimum Gasteiger partial charge on any atom is -0.394 e. The zero-order chi connectivity index (χ0) is 14.5. The summed E-state index contributed by atoms with van der Waals surface area (Å²) in [5.74, 6) is 0. The van der Waals surface area contributed by atoms with E-state index in [9.17, 15) is 0 Å². The van der Waals surface area contributed by atoms with E-state index in [1.165, 1.54) is 4.88 Å². The number of hydrogen-bond acceptors (Lipinski definition) is 5. The van der Waals surface area contributed by atoms with Crippen LogP contribution in [-0.2, 0) is 4.74 Å². The summed E-state index contributed by atoms with van der Waals surface area (Å²) < 4.78 is 6.75. The van der Waals surface area contributed by atoms with E-state index in [0.717, 1.165) is 30.4 Å². The molecule has 2 heterocycles. The molecule has 1 fully saturated rings. The fourth-order valence-corrected chi connectivity index (χ4v) is 4.49. The van der Waals surface area contributed by atoms with Crippen molar-refractivity contribution >= 4 is 27.3 Å². The predicted octanol–water partition coefficient (Wildman–Crippen LogP) is 2.37. The monoisotopic (exact) mass is 362 g/mol. The number of nitrogens with zero attached hydrogens (tertiary/aromatic N) is 1. The van der Waals surface area contributed by atoms with Crippen LogP contribution in [0.3, 0.4) is 0 Å². The van der Waals surface area contributed by atoms with Crippen LogP contribution in [0.2, 0.25) is 0 Å². The fourth-order valence-electron chi connectivity index (χ4n) is 2.79. The molecule has 0 aliphatic carbocycles. The molecule has 0 saturated carbocycles. The van der Waals surface area contributed by atoms with Crippen molar-refractivity contribution in [2.75, 3.05) is 26.3 Å². The van der Waals surface area contributed by atoms with E-state index in [0.29, 0.717) is 6.61 Å². The summed E-state index contributed by atoms with van der Waals surface area (Å²) in [5, 5.41) is 10.9. The second-order valence-electron chi connectivity index (χ2n) is 5.30. The van der Waals surface area contributed by atoms with Crippen LogP contribution in [0.25, 0.3) is 0 Å². The zero-order valence-corrected chi connectivity index (χ0v) is 14.2. The zero-order valence-electron chi connectivity index (χ0n) is 11.8. The highest BCUT2D eigenvalue weighted by Gasteiger charge is 2.29. The third-order valence-corrected chi connectivity index (χ3v) is 5.46. The standard InChI is InChI=1S/C14H23BrN2O2S/c1-10(16)14(13-8-11(15)9-20-13)17-4-2-12(3-5-17)19-7-6-18/h8-10,12,14,18H,2-7,16H2,1H3. The second-order valence-corrected chi connectivity index (χ2v) is 7.16. The van der Waals surface area contributed by atoms with Crippen LogP contribution in [-0.4, -0.2) is 48.5 Å². The molecule has 1 aliphatic rings. The van der Waals surface area contributed by atoms with Crippen molar-refractivity contribution in [3.05, 3.63) is 20.8 Å². The Hall–Kier alpha value is 0.0200. The van der Waals surface area contributed by atoms with Gasteiger partial charge < -0.3 is 15.6 Å². The van der Waals surface area contributed by atoms with Crippen LogP contribution >= 0.6 is 27.3 Å². The largest absolute Gasteiger partial charge is 0.394 e. The van der Waals surface area contributed by atoms with Gasteiger partial charge in [0.15, 0.2) is 0 Å². The van der Waals surface area contributed by atoms with E-state index >= 15 is 0 Å². The van der Waals surface area contributed by atoms with Gasteiger partial charge in [-0.15, -0.1) is 11.3 Å². The third kappa shape index (κ3) is 4.26. The van der Waals surface area contributed by atoms with E-state index in [2.05, 4.69) is 39.2 Å². The molecule has 1 aromatic rings. The first-order valence-electron chi connectivity index (χ1n) is 7.08. The van der Waals surface area contributed by atoms with Crippen LogP contribution in [0.4, 0.5) is 0 Å². The highest BCUT2D eigenvalue weighted by molar-refractivity contribution is 9.10. The molecule has 2 rings (SSSR count). The van der Waals surface area contributed by atoms with Crippen molar-refractivity contribution < 1.29 is 9.84 Å². The third-order valence-electron chi connectivity index (χ3n) is 3.69. The van der Waals surface area contributed by atoms with Crippen molar-refractivity contribution in [3.8, 4) is 0 Å². The summed E-state index contributed by atoms with van der Waals surface area (Å²) in [4.78, 5) is 3.78. The van der Waals surface area contributed by atoms with Gasteiger partial charge in [0, 0.05) is 33.9 Å². The number of aliphatic hydroxyl groups excluding tert-OH is 1. The van der Waals surface area contributed by atoms with Crippen molar-refractivity contribution in [2.45, 2.75) is 38.0 Å². The Morgan fingerprint density at radius 1 is 1.55 bits per heavy atom. The average molecular weight is 363 g/mol. The Balaban J connectivity index is 1.95. The van der Waals surface area contributed by atoms with Gasteiger partial charge in [0.25, 0.3) is 0 Å². The van der Waals surface area contributed by atoms with Gasteiger partial charge in [0.1, 0.15) is 0 Å². The number of piperidine rings is 1. The minimum absolute atomic E-state index is 0.103. The lowest BCUT2D eigenvalue weighted by Gasteiger charge is -2.38. The quantitative estimate of drug-likeness (QED) is 0.815. The van der Waals surface area contributed by atoms with E-state index in [1.54, 1.807) is 11.3 Å². The molecule has 0 aromatic carbocycles. The molecule has 3 N–H and O–H groups in total. The first-order chi connectivity index (χ1) is 9.61. The van der Waals surface area contributed by atoms with Crippen LogP contribution in [0.1, 0.15) is 30.7 Å². The maximum Gasteiger partial charge on any atom is 0.0701 e. The molecule has 1 aliphatic heterocycles. The lowest BCUT2D eigenvalue weighted by Crippen LogP contribution is -2.45. The average Bonchev–Trinajstić information content (AvgIpc) is 2.84. The smallest absolute Gasteiger partial charge is 0.0701 e. The number of halogens is 1. The molecule has 0 bridgehead atoms. The molecule has 1 aromatic heterocycles. The molecule has 1 saturated heterocycles. The fraction of sp³-hybridized carbons (Fsp3) is 0.714. The summed E-state index contributed by atoms with van der Waals surface area (Å²) in [6.07, 6.45) is 2.30. The van der Waals surface area contributed by atoms with E-state index in [1.807, 2.05) is 0 Å². The number of likely N-dealkylation sites (tertiary alicyclic amines) is 1. The molecule has 4 nitrogen and oxygen atoms in total. The van der Waals surface area contributed by atoms with Gasteiger partial charge in [-0.3, -0.25) is 4.90 Å². The Labute approximate surface area is 133 Å². The summed E-state index contributed by atoms with van der Waals surface area (Å²) in [6.45, 7) is 4.62. The number of hydrogen-bond donors (Lipinski definition) is 2. The molecule has 20 heavy (non-hydrogen) atoms. The lowest BCUT2D eigenvalue weighted by atomic mass is 10.0. The van der Waals surface area contributed by atoms with Crippen LogP contribution in [0, 0.1) is 0 Å². The van der Waals surface area contributed by atoms with Crippen molar-refractivity contribution in [1.29, 1.82) is 0 Å². The number of ether oxygens (including phenoxy) is 1. The first-order valence-corrected chi connectivity index (χ1v) is 8.75. The van der Waals surface area contributed by atoms with Gasteiger partial charge in [-0.25, -0.2) is 0 Å². The van der Waals surface area contributed by atoms with E-state index in [4.69, 9.17) is 15.6 Å². The summed E-state index contributed by atoms with van der Waals surface area (Å²) >= 11 is 5.28. The van der Waals surface area contributed by atoms with Gasteiger partial charge >= 0.3 is 0 Å². The first kappa shape index (κ1) is 16.4. The highest BCUT2D eigenvalue weighted by Crippen LogP contribution is 2.33. The number of thiophene rings is 1. The molecule has 114 valence electrons. The summed E-state index contributed by atoms with van der Waals surface area (Å²) in [7, 11) is 0. The van der Waals surface area contributed by atoms with Gasteiger partial charge in [-0.1, -0.05) is 0 Å². The van der Waals surface area contributed by atoms with Crippen molar-refractivity contribution in [3.63, 3.8) is 0 Å². The maximum atomic E-state index is 8.81. The van der Waals surface area contributed by atoms with Gasteiger partial charge in [-0.05, 0) is 41.8 Å². The number of aliphatic hydroxyl groups is 1. The van der Waals surface area contributed by atoms with Crippen molar-refractivity contribution in [2.24, 2.45) is 5.73 Å². The Kier molecular flexibility index (Phi) is 6.45. The van der Waals surface area contributed by atoms with Crippen LogP contribution in [0.15, 0.2) is 15.9 Å². The number of nitrogens with two attached hydrogens (primary N) is 1.